The molecule has 2 rings (SSSR count). The maximum absolute atomic E-state index is 11.1. The fraction of sp³-hybridized carbons (Fsp3) is 0.500. The lowest BCUT2D eigenvalue weighted by atomic mass is 9.86. The lowest BCUT2D eigenvalue weighted by Gasteiger charge is -2.28. The first-order valence-electron chi connectivity index (χ1n) is 6.41. The second-order valence-corrected chi connectivity index (χ2v) is 5.01. The Balaban J connectivity index is 2.34. The summed E-state index contributed by atoms with van der Waals surface area (Å²) < 4.78 is 5.29. The summed E-state index contributed by atoms with van der Waals surface area (Å²) in [7, 11) is 0. The predicted octanol–water partition coefficient (Wildman–Crippen LogP) is 1.83. The zero-order chi connectivity index (χ0) is 14.0. The van der Waals surface area contributed by atoms with Gasteiger partial charge in [0.05, 0.1) is 5.56 Å². The van der Waals surface area contributed by atoms with E-state index in [1.54, 1.807) is 6.92 Å². The summed E-state index contributed by atoms with van der Waals surface area (Å²) in [5.74, 6) is -0.699. The van der Waals surface area contributed by atoms with Crippen molar-refractivity contribution in [2.75, 3.05) is 13.2 Å². The van der Waals surface area contributed by atoms with Gasteiger partial charge in [-0.1, -0.05) is 0 Å². The summed E-state index contributed by atoms with van der Waals surface area (Å²) in [6.45, 7) is 3.01. The van der Waals surface area contributed by atoms with Crippen LogP contribution in [0.2, 0.25) is 0 Å². The van der Waals surface area contributed by atoms with Crippen LogP contribution in [-0.2, 0) is 4.74 Å². The average molecular weight is 265 g/mol. The highest BCUT2D eigenvalue weighted by molar-refractivity contribution is 5.88. The molecule has 104 valence electrons. The lowest BCUT2D eigenvalue weighted by Crippen LogP contribution is -2.27. The number of hydrogen-bond acceptors (Lipinski definition) is 4. The third kappa shape index (κ3) is 2.88. The molecule has 1 fully saturated rings. The predicted molar refractivity (Wildman–Crippen MR) is 70.3 cm³/mol. The maximum Gasteiger partial charge on any atom is 0.335 e. The smallest absolute Gasteiger partial charge is 0.335 e. The molecule has 0 spiro atoms. The Hall–Kier alpha value is -1.59. The van der Waals surface area contributed by atoms with Crippen molar-refractivity contribution in [3.63, 3.8) is 0 Å². The molecule has 4 N–H and O–H groups in total. The quantitative estimate of drug-likeness (QED) is 0.775. The van der Waals surface area contributed by atoms with Crippen LogP contribution in [0.4, 0.5) is 0 Å². The molecule has 1 saturated heterocycles. The molecule has 1 aromatic rings. The van der Waals surface area contributed by atoms with Gasteiger partial charge in [-0.05, 0) is 43.4 Å². The van der Waals surface area contributed by atoms with Gasteiger partial charge in [0.25, 0.3) is 0 Å². The summed E-state index contributed by atoms with van der Waals surface area (Å²) in [6, 6.07) is 2.57. The number of phenolic OH excluding ortho intramolecular Hbond substituents is 1. The van der Waals surface area contributed by atoms with Crippen LogP contribution in [0.5, 0.6) is 5.75 Å². The number of aromatic carboxylic acids is 1. The summed E-state index contributed by atoms with van der Waals surface area (Å²) in [5.41, 5.74) is 7.42. The second kappa shape index (κ2) is 5.59. The number of carboxylic acids is 1. The summed E-state index contributed by atoms with van der Waals surface area (Å²) in [4.78, 5) is 11.1. The zero-order valence-electron chi connectivity index (χ0n) is 10.9. The van der Waals surface area contributed by atoms with Crippen molar-refractivity contribution < 1.29 is 19.7 Å². The van der Waals surface area contributed by atoms with E-state index in [0.29, 0.717) is 24.3 Å². The third-order valence-corrected chi connectivity index (χ3v) is 3.71. The molecule has 1 atom stereocenters. The Kier molecular flexibility index (Phi) is 4.07. The monoisotopic (exact) mass is 265 g/mol. The van der Waals surface area contributed by atoms with Gasteiger partial charge in [0.1, 0.15) is 5.75 Å². The summed E-state index contributed by atoms with van der Waals surface area (Å²) in [6.07, 6.45) is 1.66. The lowest BCUT2D eigenvalue weighted by molar-refractivity contribution is 0.0580. The summed E-state index contributed by atoms with van der Waals surface area (Å²) >= 11 is 0. The molecule has 1 heterocycles. The van der Waals surface area contributed by atoms with Crippen molar-refractivity contribution in [2.24, 2.45) is 11.7 Å². The normalized spacial score (nSPS) is 18.2. The number of carboxylic acid groups (broad SMARTS) is 1. The van der Waals surface area contributed by atoms with Gasteiger partial charge in [-0.15, -0.1) is 0 Å². The number of aryl methyl sites for hydroxylation is 1. The SMILES string of the molecule is Cc1cc(C(=O)O)cc([C@H](N)C2CCOCC2)c1O. The molecule has 0 radical (unpaired) electrons. The van der Waals surface area contributed by atoms with Crippen LogP contribution in [0.3, 0.4) is 0 Å². The van der Waals surface area contributed by atoms with Gasteiger partial charge in [0.2, 0.25) is 0 Å². The fourth-order valence-corrected chi connectivity index (χ4v) is 2.51. The van der Waals surface area contributed by atoms with E-state index in [1.165, 1.54) is 12.1 Å². The Morgan fingerprint density at radius 2 is 2.05 bits per heavy atom. The first kappa shape index (κ1) is 13.8. The van der Waals surface area contributed by atoms with Crippen molar-refractivity contribution in [3.05, 3.63) is 28.8 Å². The molecule has 19 heavy (non-hydrogen) atoms. The Bertz CT molecular complexity index is 481. The van der Waals surface area contributed by atoms with Crippen LogP contribution in [0.1, 0.15) is 40.4 Å². The highest BCUT2D eigenvalue weighted by Gasteiger charge is 2.25. The Morgan fingerprint density at radius 1 is 1.42 bits per heavy atom. The highest BCUT2D eigenvalue weighted by Crippen LogP contribution is 2.35. The van der Waals surface area contributed by atoms with Crippen molar-refractivity contribution in [1.29, 1.82) is 0 Å². The van der Waals surface area contributed by atoms with E-state index in [2.05, 4.69) is 0 Å². The van der Waals surface area contributed by atoms with Gasteiger partial charge in [0.15, 0.2) is 0 Å². The van der Waals surface area contributed by atoms with Gasteiger partial charge in [-0.3, -0.25) is 0 Å². The van der Waals surface area contributed by atoms with E-state index < -0.39 is 5.97 Å². The molecule has 0 aromatic heterocycles. The number of carbonyl (C=O) groups is 1. The van der Waals surface area contributed by atoms with E-state index >= 15 is 0 Å². The van der Waals surface area contributed by atoms with Gasteiger partial charge in [0, 0.05) is 24.8 Å². The molecule has 0 saturated carbocycles. The molecule has 5 nitrogen and oxygen atoms in total. The number of nitrogens with two attached hydrogens (primary N) is 1. The van der Waals surface area contributed by atoms with Gasteiger partial charge >= 0.3 is 5.97 Å². The van der Waals surface area contributed by atoms with Crippen LogP contribution in [0.15, 0.2) is 12.1 Å². The molecular formula is C14H19NO4. The number of benzene rings is 1. The minimum absolute atomic E-state index is 0.101. The Labute approximate surface area is 112 Å². The van der Waals surface area contributed by atoms with Gasteiger partial charge in [-0.25, -0.2) is 4.79 Å². The maximum atomic E-state index is 11.1. The standard InChI is InChI=1S/C14H19NO4/c1-8-6-10(14(17)18)7-11(13(8)16)12(15)9-2-4-19-5-3-9/h6-7,9,12,16H,2-5,15H2,1H3,(H,17,18)/t12-/m1/s1. The topological polar surface area (TPSA) is 92.8 Å². The first-order valence-corrected chi connectivity index (χ1v) is 6.41. The number of phenols is 1. The summed E-state index contributed by atoms with van der Waals surface area (Å²) in [5, 5.41) is 19.2. The molecule has 5 heteroatoms. The zero-order valence-corrected chi connectivity index (χ0v) is 10.9. The third-order valence-electron chi connectivity index (χ3n) is 3.71. The van der Waals surface area contributed by atoms with Crippen LogP contribution in [-0.4, -0.2) is 29.4 Å². The molecule has 0 amide bonds. The number of hydrogen-bond donors (Lipinski definition) is 3. The second-order valence-electron chi connectivity index (χ2n) is 5.01. The fourth-order valence-electron chi connectivity index (χ4n) is 2.51. The number of ether oxygens (including phenoxy) is 1. The minimum atomic E-state index is -1.01. The number of rotatable bonds is 3. The first-order chi connectivity index (χ1) is 9.00. The van der Waals surface area contributed by atoms with Crippen LogP contribution >= 0.6 is 0 Å². The molecular weight excluding hydrogens is 246 g/mol. The molecule has 1 aromatic carbocycles. The van der Waals surface area contributed by atoms with Crippen LogP contribution < -0.4 is 5.73 Å². The van der Waals surface area contributed by atoms with Crippen molar-refractivity contribution in [1.82, 2.24) is 0 Å². The molecule has 0 bridgehead atoms. The minimum Gasteiger partial charge on any atom is -0.507 e. The van der Waals surface area contributed by atoms with Crippen LogP contribution in [0.25, 0.3) is 0 Å². The van der Waals surface area contributed by atoms with E-state index in [9.17, 15) is 9.90 Å². The van der Waals surface area contributed by atoms with E-state index in [1.807, 2.05) is 0 Å². The van der Waals surface area contributed by atoms with Gasteiger partial charge < -0.3 is 20.7 Å². The highest BCUT2D eigenvalue weighted by atomic mass is 16.5. The Morgan fingerprint density at radius 3 is 2.63 bits per heavy atom. The largest absolute Gasteiger partial charge is 0.507 e. The molecule has 1 aliphatic heterocycles. The van der Waals surface area contributed by atoms with Crippen LogP contribution in [0, 0.1) is 12.8 Å². The molecule has 0 aliphatic carbocycles. The van der Waals surface area contributed by atoms with Crippen molar-refractivity contribution >= 4 is 5.97 Å². The van der Waals surface area contributed by atoms with Crippen molar-refractivity contribution in [2.45, 2.75) is 25.8 Å². The van der Waals surface area contributed by atoms with Gasteiger partial charge in [-0.2, -0.15) is 0 Å². The molecule has 1 aliphatic rings. The molecule has 0 unspecified atom stereocenters. The van der Waals surface area contributed by atoms with E-state index in [4.69, 9.17) is 15.6 Å². The number of aromatic hydroxyl groups is 1. The van der Waals surface area contributed by atoms with E-state index in [-0.39, 0.29) is 23.3 Å². The van der Waals surface area contributed by atoms with Crippen molar-refractivity contribution in [3.8, 4) is 5.75 Å². The average Bonchev–Trinajstić information content (AvgIpc) is 2.41. The van der Waals surface area contributed by atoms with E-state index in [0.717, 1.165) is 12.8 Å².